The number of benzene rings is 1. The fraction of sp³-hybridized carbons (Fsp3) is 0.571. The average Bonchev–Trinajstić information content (AvgIpc) is 3.05. The van der Waals surface area contributed by atoms with Crippen molar-refractivity contribution in [3.8, 4) is 5.75 Å². The molecule has 0 radical (unpaired) electrons. The topological polar surface area (TPSA) is 9.23 Å². The van der Waals surface area contributed by atoms with Gasteiger partial charge < -0.3 is 4.74 Å². The van der Waals surface area contributed by atoms with E-state index in [1.165, 1.54) is 24.0 Å². The number of ether oxygens (including phenoxy) is 1. The van der Waals surface area contributed by atoms with E-state index < -0.39 is 0 Å². The van der Waals surface area contributed by atoms with Crippen LogP contribution in [0.25, 0.3) is 0 Å². The smallest absolute Gasteiger partial charge is 0.122 e. The van der Waals surface area contributed by atoms with Gasteiger partial charge >= 0.3 is 0 Å². The predicted molar refractivity (Wildman–Crippen MR) is 66.1 cm³/mol. The van der Waals surface area contributed by atoms with Crippen molar-refractivity contribution in [3.63, 3.8) is 0 Å². The van der Waals surface area contributed by atoms with E-state index in [1.807, 2.05) is 0 Å². The van der Waals surface area contributed by atoms with Crippen LogP contribution in [-0.4, -0.2) is 6.61 Å². The minimum atomic E-state index is 0.165. The average molecular weight is 237 g/mol. The van der Waals surface area contributed by atoms with Crippen LogP contribution in [0.4, 0.5) is 0 Å². The van der Waals surface area contributed by atoms with Gasteiger partial charge in [-0.1, -0.05) is 19.1 Å². The molecule has 1 aliphatic heterocycles. The van der Waals surface area contributed by atoms with Gasteiger partial charge in [0.2, 0.25) is 0 Å². The highest BCUT2D eigenvalue weighted by Crippen LogP contribution is 2.45. The number of hydrogen-bond donors (Lipinski definition) is 0. The molecule has 0 amide bonds. The van der Waals surface area contributed by atoms with Crippen LogP contribution in [0.2, 0.25) is 0 Å². The van der Waals surface area contributed by atoms with Crippen LogP contribution in [0.15, 0.2) is 18.2 Å². The molecule has 0 saturated heterocycles. The lowest BCUT2D eigenvalue weighted by Gasteiger charge is -2.18. The maximum Gasteiger partial charge on any atom is 0.122 e. The molecular formula is C14H17ClO. The third kappa shape index (κ3) is 1.82. The molecule has 0 N–H and O–H groups in total. The van der Waals surface area contributed by atoms with Crippen molar-refractivity contribution in [2.45, 2.75) is 31.6 Å². The molecular weight excluding hydrogens is 220 g/mol. The van der Waals surface area contributed by atoms with E-state index >= 15 is 0 Å². The molecule has 16 heavy (non-hydrogen) atoms. The highest BCUT2D eigenvalue weighted by Gasteiger charge is 2.33. The molecule has 1 saturated carbocycles. The molecule has 3 rings (SSSR count). The number of halogens is 1. The first kappa shape index (κ1) is 10.5. The van der Waals surface area contributed by atoms with Gasteiger partial charge in [-0.2, -0.15) is 0 Å². The van der Waals surface area contributed by atoms with Crippen molar-refractivity contribution in [1.82, 2.24) is 0 Å². The summed E-state index contributed by atoms with van der Waals surface area (Å²) in [6.45, 7) is 3.10. The van der Waals surface area contributed by atoms with Gasteiger partial charge in [0.25, 0.3) is 0 Å². The Morgan fingerprint density at radius 1 is 1.38 bits per heavy atom. The molecule has 2 aliphatic rings. The van der Waals surface area contributed by atoms with E-state index in [1.54, 1.807) is 0 Å². The number of fused-ring (bicyclic) bond motifs is 1. The normalized spacial score (nSPS) is 22.4. The summed E-state index contributed by atoms with van der Waals surface area (Å²) in [6.07, 6.45) is 3.75. The fourth-order valence-electron chi connectivity index (χ4n) is 2.54. The van der Waals surface area contributed by atoms with E-state index in [0.717, 1.165) is 24.7 Å². The minimum absolute atomic E-state index is 0.165. The summed E-state index contributed by atoms with van der Waals surface area (Å²) in [5, 5.41) is 0.165. The maximum atomic E-state index is 6.55. The second kappa shape index (κ2) is 3.96. The second-order valence-corrected chi connectivity index (χ2v) is 5.53. The Morgan fingerprint density at radius 2 is 2.19 bits per heavy atom. The van der Waals surface area contributed by atoms with Crippen molar-refractivity contribution in [3.05, 3.63) is 29.3 Å². The molecule has 1 aliphatic carbocycles. The molecule has 86 valence electrons. The summed E-state index contributed by atoms with van der Waals surface area (Å²) in [7, 11) is 0. The number of rotatable bonds is 3. The molecule has 0 spiro atoms. The van der Waals surface area contributed by atoms with Gasteiger partial charge in [-0.25, -0.2) is 0 Å². The fourth-order valence-corrected chi connectivity index (χ4v) is 2.88. The first-order valence-electron chi connectivity index (χ1n) is 6.15. The lowest BCUT2D eigenvalue weighted by atomic mass is 9.94. The lowest BCUT2D eigenvalue weighted by Crippen LogP contribution is -2.06. The number of hydrogen-bond acceptors (Lipinski definition) is 1. The van der Waals surface area contributed by atoms with Crippen molar-refractivity contribution < 1.29 is 4.74 Å². The Hall–Kier alpha value is -0.690. The van der Waals surface area contributed by atoms with Crippen LogP contribution < -0.4 is 4.74 Å². The monoisotopic (exact) mass is 236 g/mol. The zero-order valence-electron chi connectivity index (χ0n) is 9.58. The first-order valence-corrected chi connectivity index (χ1v) is 6.59. The van der Waals surface area contributed by atoms with E-state index in [9.17, 15) is 0 Å². The first-order chi connectivity index (χ1) is 7.75. The standard InChI is InChI=1S/C14H17ClO/c1-9(10-2-3-10)14(15)12-4-5-13-11(8-12)6-7-16-13/h4-5,8-10,14H,2-3,6-7H2,1H3. The van der Waals surface area contributed by atoms with Gasteiger partial charge in [0.1, 0.15) is 5.75 Å². The van der Waals surface area contributed by atoms with Crippen LogP contribution in [0.1, 0.15) is 36.3 Å². The Bertz CT molecular complexity index is 398. The van der Waals surface area contributed by atoms with Gasteiger partial charge in [-0.05, 0) is 41.9 Å². The van der Waals surface area contributed by atoms with Crippen molar-refractivity contribution >= 4 is 11.6 Å². The van der Waals surface area contributed by atoms with Crippen molar-refractivity contribution in [2.75, 3.05) is 6.61 Å². The third-order valence-corrected chi connectivity index (χ3v) is 4.51. The van der Waals surface area contributed by atoms with Crippen LogP contribution in [0.5, 0.6) is 5.75 Å². The van der Waals surface area contributed by atoms with Crippen LogP contribution in [0.3, 0.4) is 0 Å². The third-order valence-electron chi connectivity index (χ3n) is 3.86. The quantitative estimate of drug-likeness (QED) is 0.723. The van der Waals surface area contributed by atoms with Gasteiger partial charge in [-0.15, -0.1) is 11.6 Å². The molecule has 0 bridgehead atoms. The minimum Gasteiger partial charge on any atom is -0.493 e. The van der Waals surface area contributed by atoms with Gasteiger partial charge in [0.15, 0.2) is 0 Å². The predicted octanol–water partition coefficient (Wildman–Crippen LogP) is 3.95. The van der Waals surface area contributed by atoms with Gasteiger partial charge in [0.05, 0.1) is 12.0 Å². The van der Waals surface area contributed by atoms with Crippen LogP contribution >= 0.6 is 11.6 Å². The SMILES string of the molecule is CC(C1CC1)C(Cl)c1ccc2c(c1)CCO2. The van der Waals surface area contributed by atoms with Crippen LogP contribution in [-0.2, 0) is 6.42 Å². The highest BCUT2D eigenvalue weighted by molar-refractivity contribution is 6.21. The van der Waals surface area contributed by atoms with E-state index in [4.69, 9.17) is 16.3 Å². The Balaban J connectivity index is 1.82. The molecule has 2 atom stereocenters. The maximum absolute atomic E-state index is 6.55. The van der Waals surface area contributed by atoms with Gasteiger partial charge in [0, 0.05) is 6.42 Å². The van der Waals surface area contributed by atoms with Crippen LogP contribution in [0, 0.1) is 11.8 Å². The van der Waals surface area contributed by atoms with Gasteiger partial charge in [-0.3, -0.25) is 0 Å². The molecule has 1 aromatic rings. The largest absolute Gasteiger partial charge is 0.493 e. The summed E-state index contributed by atoms with van der Waals surface area (Å²) in [4.78, 5) is 0. The molecule has 0 aromatic heterocycles. The zero-order valence-corrected chi connectivity index (χ0v) is 10.3. The molecule has 1 fully saturated rings. The lowest BCUT2D eigenvalue weighted by molar-refractivity contribution is 0.356. The summed E-state index contributed by atoms with van der Waals surface area (Å²) in [5.74, 6) is 2.50. The molecule has 1 aromatic carbocycles. The number of alkyl halides is 1. The summed E-state index contributed by atoms with van der Waals surface area (Å²) >= 11 is 6.55. The zero-order chi connectivity index (χ0) is 11.1. The highest BCUT2D eigenvalue weighted by atomic mass is 35.5. The Labute approximate surface area is 102 Å². The van der Waals surface area contributed by atoms with E-state index in [2.05, 4.69) is 25.1 Å². The Kier molecular flexibility index (Phi) is 2.59. The molecule has 1 nitrogen and oxygen atoms in total. The van der Waals surface area contributed by atoms with Crippen molar-refractivity contribution in [2.24, 2.45) is 11.8 Å². The summed E-state index contributed by atoms with van der Waals surface area (Å²) in [6, 6.07) is 6.44. The summed E-state index contributed by atoms with van der Waals surface area (Å²) in [5.41, 5.74) is 2.59. The van der Waals surface area contributed by atoms with Crippen molar-refractivity contribution in [1.29, 1.82) is 0 Å². The Morgan fingerprint density at radius 3 is 2.94 bits per heavy atom. The molecule has 2 heteroatoms. The van der Waals surface area contributed by atoms with E-state index in [-0.39, 0.29) is 5.38 Å². The summed E-state index contributed by atoms with van der Waals surface area (Å²) < 4.78 is 5.51. The second-order valence-electron chi connectivity index (χ2n) is 5.06. The molecule has 2 unspecified atom stereocenters. The van der Waals surface area contributed by atoms with E-state index in [0.29, 0.717) is 5.92 Å². The molecule has 1 heterocycles.